The molecule has 14 heteroatoms. The number of rotatable bonds is 13. The van der Waals surface area contributed by atoms with Gasteiger partial charge < -0.3 is 34.7 Å². The summed E-state index contributed by atoms with van der Waals surface area (Å²) in [7, 11) is 1.22. The number of carbonyl (C=O) groups is 3. The molecular formula is C38H46N6O8. The Balaban J connectivity index is 1.37. The largest absolute Gasteiger partial charge is 0.453 e. The maximum Gasteiger partial charge on any atom is 0.422 e. The third kappa shape index (κ3) is 10.3. The molecule has 2 aliphatic heterocycles. The molecule has 5 rings (SSSR count). The zero-order valence-corrected chi connectivity index (χ0v) is 29.8. The molecule has 3 heterocycles. The van der Waals surface area contributed by atoms with Gasteiger partial charge in [-0.15, -0.1) is 0 Å². The number of alkyl carbamates (subject to hydrolysis) is 1. The van der Waals surface area contributed by atoms with Crippen molar-refractivity contribution in [3.8, 4) is 17.2 Å². The zero-order valence-electron chi connectivity index (χ0n) is 29.8. The highest BCUT2D eigenvalue weighted by Gasteiger charge is 2.44. The Bertz CT molecular complexity index is 1690. The fraction of sp³-hybridized carbons (Fsp3) is 0.447. The van der Waals surface area contributed by atoms with Crippen molar-refractivity contribution in [3.63, 3.8) is 0 Å². The minimum Gasteiger partial charge on any atom is -0.453 e. The van der Waals surface area contributed by atoms with E-state index in [1.54, 1.807) is 57.4 Å². The van der Waals surface area contributed by atoms with Gasteiger partial charge in [-0.3, -0.25) is 15.2 Å². The van der Waals surface area contributed by atoms with Crippen LogP contribution in [0.15, 0.2) is 73.1 Å². The summed E-state index contributed by atoms with van der Waals surface area (Å²) >= 11 is 0. The molecule has 2 aromatic carbocycles. The van der Waals surface area contributed by atoms with Gasteiger partial charge in [-0.1, -0.05) is 63.2 Å². The normalized spacial score (nSPS) is 19.8. The number of pyridine rings is 1. The number of hydrogen-bond acceptors (Lipinski definition) is 11. The molecule has 0 bridgehead atoms. The van der Waals surface area contributed by atoms with E-state index in [9.17, 15) is 24.8 Å². The van der Waals surface area contributed by atoms with Gasteiger partial charge in [0.15, 0.2) is 6.29 Å². The Morgan fingerprint density at radius 1 is 1.02 bits per heavy atom. The molecule has 52 heavy (non-hydrogen) atoms. The lowest BCUT2D eigenvalue weighted by molar-refractivity contribution is -0.127. The van der Waals surface area contributed by atoms with Crippen molar-refractivity contribution in [2.24, 2.45) is 11.3 Å². The van der Waals surface area contributed by atoms with E-state index in [1.165, 1.54) is 12.1 Å². The van der Waals surface area contributed by atoms with E-state index in [4.69, 9.17) is 18.9 Å². The van der Waals surface area contributed by atoms with Gasteiger partial charge >= 0.3 is 12.2 Å². The zero-order chi connectivity index (χ0) is 37.3. The van der Waals surface area contributed by atoms with Gasteiger partial charge in [0.05, 0.1) is 50.0 Å². The summed E-state index contributed by atoms with van der Waals surface area (Å²) in [5.41, 5.74) is 6.01. The first kappa shape index (κ1) is 38.2. The average molecular weight is 715 g/mol. The lowest BCUT2D eigenvalue weighted by Gasteiger charge is -2.34. The summed E-state index contributed by atoms with van der Waals surface area (Å²) in [4.78, 5) is 43.5. The predicted octanol–water partition coefficient (Wildman–Crippen LogP) is 3.68. The lowest BCUT2D eigenvalue weighted by atomic mass is 9.85. The second-order valence-corrected chi connectivity index (χ2v) is 14.0. The monoisotopic (exact) mass is 714 g/mol. The van der Waals surface area contributed by atoms with Crippen molar-refractivity contribution in [2.75, 3.05) is 26.9 Å². The molecule has 4 N–H and O–H groups in total. The van der Waals surface area contributed by atoms with Crippen LogP contribution in [0.25, 0.3) is 11.1 Å². The molecule has 0 radical (unpaired) electrons. The quantitative estimate of drug-likeness (QED) is 0.190. The highest BCUT2D eigenvalue weighted by atomic mass is 16.7. The fourth-order valence-electron chi connectivity index (χ4n) is 6.27. The van der Waals surface area contributed by atoms with Crippen molar-refractivity contribution in [1.82, 2.24) is 26.1 Å². The number of nitrogens with one attached hydrogen (secondary N) is 3. The molecule has 2 fully saturated rings. The van der Waals surface area contributed by atoms with E-state index in [2.05, 4.69) is 27.1 Å². The molecule has 6 unspecified atom stereocenters. The number of nitrogens with zero attached hydrogens (tertiary/aromatic N) is 3. The molecule has 6 atom stereocenters. The van der Waals surface area contributed by atoms with E-state index in [0.29, 0.717) is 18.6 Å². The molecule has 2 saturated heterocycles. The van der Waals surface area contributed by atoms with Crippen LogP contribution in [0, 0.1) is 22.7 Å². The van der Waals surface area contributed by atoms with Crippen molar-refractivity contribution in [2.45, 2.75) is 70.7 Å². The second kappa shape index (κ2) is 17.4. The van der Waals surface area contributed by atoms with Crippen LogP contribution >= 0.6 is 0 Å². The van der Waals surface area contributed by atoms with Crippen LogP contribution in [0.3, 0.4) is 0 Å². The summed E-state index contributed by atoms with van der Waals surface area (Å²) in [6.07, 6.45) is 0.768. The molecule has 14 nitrogen and oxygen atoms in total. The van der Waals surface area contributed by atoms with Gasteiger partial charge in [0.2, 0.25) is 5.91 Å². The molecule has 3 amide bonds. The molecule has 0 spiro atoms. The summed E-state index contributed by atoms with van der Waals surface area (Å²) in [6.45, 7) is 6.17. The Morgan fingerprint density at radius 2 is 1.75 bits per heavy atom. The number of aromatic nitrogens is 1. The number of ether oxygens (including phenoxy) is 4. The minimum atomic E-state index is -1.23. The summed E-state index contributed by atoms with van der Waals surface area (Å²) in [5.74, 6) is -0.587. The molecule has 0 aliphatic carbocycles. The van der Waals surface area contributed by atoms with E-state index < -0.39 is 54.1 Å². The molecule has 2 aliphatic rings. The maximum absolute atomic E-state index is 13.8. The van der Waals surface area contributed by atoms with Gasteiger partial charge in [0.1, 0.15) is 12.1 Å². The van der Waals surface area contributed by atoms with E-state index in [1.807, 2.05) is 36.4 Å². The van der Waals surface area contributed by atoms with Crippen LogP contribution in [0.4, 0.5) is 9.59 Å². The van der Waals surface area contributed by atoms with Gasteiger partial charge in [-0.25, -0.2) is 14.6 Å². The van der Waals surface area contributed by atoms with Crippen LogP contribution in [0.5, 0.6) is 0 Å². The van der Waals surface area contributed by atoms with E-state index >= 15 is 0 Å². The topological polar surface area (TPSA) is 184 Å². The number of fused-ring (bicyclic) bond motifs is 1. The van der Waals surface area contributed by atoms with Crippen molar-refractivity contribution < 1.29 is 38.4 Å². The maximum atomic E-state index is 13.8. The Kier molecular flexibility index (Phi) is 12.8. The number of methoxy groups -OCH3 is 1. The first-order valence-electron chi connectivity index (χ1n) is 17.2. The molecule has 276 valence electrons. The van der Waals surface area contributed by atoms with Crippen LogP contribution in [0.1, 0.15) is 43.9 Å². The van der Waals surface area contributed by atoms with Crippen LogP contribution in [-0.4, -0.2) is 90.6 Å². The number of benzene rings is 2. The first-order chi connectivity index (χ1) is 24.9. The highest BCUT2D eigenvalue weighted by Crippen LogP contribution is 2.33. The average Bonchev–Trinajstić information content (AvgIpc) is 3.76. The van der Waals surface area contributed by atoms with Crippen LogP contribution in [-0.2, 0) is 36.7 Å². The third-order valence-corrected chi connectivity index (χ3v) is 9.13. The SMILES string of the molecule is COC(=O)NC(C(=O)NC(Cc1ccc(-c2cccnc2)cc1)C(O)CN(Cc1ccc(C#N)cc1)NC(=O)OC1COC2OCCC12)C(C)(C)C. The molecule has 0 saturated carbocycles. The predicted molar refractivity (Wildman–Crippen MR) is 189 cm³/mol. The van der Waals surface area contributed by atoms with Gasteiger partial charge in [0, 0.05) is 25.5 Å². The number of amides is 3. The number of aliphatic hydroxyl groups is 1. The first-order valence-corrected chi connectivity index (χ1v) is 17.2. The molecule has 3 aromatic rings. The van der Waals surface area contributed by atoms with Crippen LogP contribution < -0.4 is 16.1 Å². The number of aliphatic hydroxyl groups excluding tert-OH is 1. The Hall–Kier alpha value is -5.07. The fourth-order valence-corrected chi connectivity index (χ4v) is 6.27. The third-order valence-electron chi connectivity index (χ3n) is 9.13. The number of carbonyl (C=O) groups excluding carboxylic acids is 3. The summed E-state index contributed by atoms with van der Waals surface area (Å²) < 4.78 is 21.7. The lowest BCUT2D eigenvalue weighted by Crippen LogP contribution is -2.59. The molecular weight excluding hydrogens is 668 g/mol. The molecule has 1 aromatic heterocycles. The van der Waals surface area contributed by atoms with Gasteiger partial charge in [-0.2, -0.15) is 5.26 Å². The van der Waals surface area contributed by atoms with Gasteiger partial charge in [-0.05, 0) is 58.7 Å². The Labute approximate surface area is 303 Å². The second-order valence-electron chi connectivity index (χ2n) is 14.0. The number of nitriles is 1. The van der Waals surface area contributed by atoms with Crippen molar-refractivity contribution >= 4 is 18.1 Å². The van der Waals surface area contributed by atoms with E-state index in [-0.39, 0.29) is 32.0 Å². The minimum absolute atomic E-state index is 0.0678. The van der Waals surface area contributed by atoms with Gasteiger partial charge in [0.25, 0.3) is 0 Å². The Morgan fingerprint density at radius 3 is 2.40 bits per heavy atom. The highest BCUT2D eigenvalue weighted by molar-refractivity contribution is 5.86. The van der Waals surface area contributed by atoms with E-state index in [0.717, 1.165) is 22.3 Å². The number of hydrogen-bond donors (Lipinski definition) is 4. The summed E-state index contributed by atoms with van der Waals surface area (Å²) in [5, 5.41) is 28.2. The van der Waals surface area contributed by atoms with Crippen molar-refractivity contribution in [1.29, 1.82) is 5.26 Å². The number of hydrazine groups is 1. The standard InChI is InChI=1S/C38H46N6O8/c1-38(2,3)33(42-36(47)49-4)34(46)41-30(18-24-11-13-27(14-12-24)28-6-5-16-40-20-28)31(45)22-44(21-26-9-7-25(19-39)8-10-26)43-37(48)52-32-23-51-35-29(32)15-17-50-35/h5-14,16,20,29-33,35,45H,15,17-18,21-23H2,1-4H3,(H,41,46)(H,42,47)(H,43,48). The van der Waals surface area contributed by atoms with Crippen molar-refractivity contribution in [3.05, 3.63) is 89.7 Å². The smallest absolute Gasteiger partial charge is 0.422 e. The van der Waals surface area contributed by atoms with Crippen LogP contribution in [0.2, 0.25) is 0 Å². The summed E-state index contributed by atoms with van der Waals surface area (Å²) in [6, 6.07) is 18.6.